The average Bonchev–Trinajstić information content (AvgIpc) is 2.75. The number of rotatable bonds is 8. The number of aryl methyl sites for hydroxylation is 1. The number of hydrogen-bond acceptors (Lipinski definition) is 8. The number of phenolic OH excluding ortho intramolecular Hbond substituents is 2. The van der Waals surface area contributed by atoms with Gasteiger partial charge >= 0.3 is 5.97 Å². The zero-order valence-electron chi connectivity index (χ0n) is 18.7. The number of fused-ring (bicyclic) bond motifs is 1. The predicted molar refractivity (Wildman–Crippen MR) is 124 cm³/mol. The first-order valence-corrected chi connectivity index (χ1v) is 10.6. The maximum atomic E-state index is 12.5. The number of carbonyl (C=O) groups excluding carboxylic acids is 2. The van der Waals surface area contributed by atoms with Crippen LogP contribution in [-0.4, -0.2) is 46.3 Å². The van der Waals surface area contributed by atoms with Gasteiger partial charge in [-0.25, -0.2) is 4.79 Å². The molecule has 0 aliphatic carbocycles. The number of phenols is 2. The largest absolute Gasteiger partial charge is 0.508 e. The van der Waals surface area contributed by atoms with Crippen LogP contribution in [0, 0.1) is 6.92 Å². The maximum absolute atomic E-state index is 12.5. The molecule has 1 unspecified atom stereocenters. The number of nitrogen functional groups attached to an aromatic ring is 1. The summed E-state index contributed by atoms with van der Waals surface area (Å²) in [6, 6.07) is 8.55. The maximum Gasteiger partial charge on any atom is 0.342 e. The van der Waals surface area contributed by atoms with Gasteiger partial charge in [-0.05, 0) is 44.5 Å². The molecule has 174 valence electrons. The molecule has 3 rings (SSSR count). The molecule has 9 heteroatoms. The van der Waals surface area contributed by atoms with Gasteiger partial charge in [0.05, 0.1) is 34.9 Å². The van der Waals surface area contributed by atoms with Crippen molar-refractivity contribution in [3.8, 4) is 17.2 Å². The van der Waals surface area contributed by atoms with Crippen molar-refractivity contribution in [3.05, 3.63) is 53.2 Å². The van der Waals surface area contributed by atoms with Gasteiger partial charge < -0.3 is 30.7 Å². The molecule has 0 saturated heterocycles. The van der Waals surface area contributed by atoms with E-state index >= 15 is 0 Å². The van der Waals surface area contributed by atoms with Crippen LogP contribution in [0.1, 0.15) is 46.7 Å². The average molecular weight is 453 g/mol. The number of benzene rings is 2. The SMILES string of the molecule is CCOC(=O)c1c(C)nc2cccc(OCC(CC)NC(=O)c3cc(O)cc(O)c3)c2c1N. The topological polar surface area (TPSA) is 144 Å². The lowest BCUT2D eigenvalue weighted by Crippen LogP contribution is -2.38. The Bertz CT molecular complexity index is 1170. The van der Waals surface area contributed by atoms with Crippen LogP contribution in [0.2, 0.25) is 0 Å². The van der Waals surface area contributed by atoms with E-state index in [0.29, 0.717) is 28.8 Å². The lowest BCUT2D eigenvalue weighted by molar-refractivity contribution is 0.0526. The van der Waals surface area contributed by atoms with E-state index in [-0.39, 0.29) is 47.6 Å². The number of aromatic nitrogens is 1. The standard InChI is InChI=1S/C24H27N3O6/c1-4-15(27-23(30)14-9-16(28)11-17(29)10-14)12-33-19-8-6-7-18-21(19)22(25)20(13(3)26-18)24(31)32-5-2/h6-11,15,28-29H,4-5,12H2,1-3H3,(H2,25,26)(H,27,30). The van der Waals surface area contributed by atoms with Crippen LogP contribution in [0.15, 0.2) is 36.4 Å². The minimum absolute atomic E-state index is 0.119. The van der Waals surface area contributed by atoms with Gasteiger partial charge in [-0.2, -0.15) is 0 Å². The zero-order chi connectivity index (χ0) is 24.1. The van der Waals surface area contributed by atoms with Crippen molar-refractivity contribution in [1.29, 1.82) is 0 Å². The highest BCUT2D eigenvalue weighted by Gasteiger charge is 2.21. The second kappa shape index (κ2) is 10.1. The first-order chi connectivity index (χ1) is 15.7. The summed E-state index contributed by atoms with van der Waals surface area (Å²) in [6.07, 6.45) is 0.558. The Labute approximate surface area is 191 Å². The van der Waals surface area contributed by atoms with Crippen LogP contribution < -0.4 is 15.8 Å². The third kappa shape index (κ3) is 5.25. The quantitative estimate of drug-likeness (QED) is 0.380. The van der Waals surface area contributed by atoms with E-state index in [1.54, 1.807) is 32.0 Å². The van der Waals surface area contributed by atoms with Gasteiger partial charge in [0.1, 0.15) is 29.4 Å². The Morgan fingerprint density at radius 3 is 2.48 bits per heavy atom. The van der Waals surface area contributed by atoms with E-state index in [2.05, 4.69) is 10.3 Å². The van der Waals surface area contributed by atoms with Crippen molar-refractivity contribution in [2.45, 2.75) is 33.2 Å². The number of nitrogens with one attached hydrogen (secondary N) is 1. The summed E-state index contributed by atoms with van der Waals surface area (Å²) in [6.45, 7) is 5.62. The lowest BCUT2D eigenvalue weighted by Gasteiger charge is -2.20. The summed E-state index contributed by atoms with van der Waals surface area (Å²) in [5.41, 5.74) is 7.92. The molecule has 1 atom stereocenters. The summed E-state index contributed by atoms with van der Waals surface area (Å²) in [5.74, 6) is -1.02. The molecule has 1 aromatic heterocycles. The van der Waals surface area contributed by atoms with Crippen LogP contribution in [0.25, 0.3) is 10.9 Å². The van der Waals surface area contributed by atoms with Gasteiger partial charge in [-0.15, -0.1) is 0 Å². The van der Waals surface area contributed by atoms with Crippen molar-refractivity contribution in [3.63, 3.8) is 0 Å². The molecule has 0 spiro atoms. The lowest BCUT2D eigenvalue weighted by atomic mass is 10.1. The number of esters is 1. The number of pyridine rings is 1. The van der Waals surface area contributed by atoms with E-state index in [9.17, 15) is 19.8 Å². The highest BCUT2D eigenvalue weighted by Crippen LogP contribution is 2.34. The second-order valence-electron chi connectivity index (χ2n) is 7.48. The van der Waals surface area contributed by atoms with Gasteiger partial charge in [-0.3, -0.25) is 9.78 Å². The monoisotopic (exact) mass is 453 g/mol. The first kappa shape index (κ1) is 23.6. The zero-order valence-corrected chi connectivity index (χ0v) is 18.7. The number of aromatic hydroxyl groups is 2. The normalized spacial score (nSPS) is 11.7. The Kier molecular flexibility index (Phi) is 7.22. The molecule has 0 aliphatic heterocycles. The minimum Gasteiger partial charge on any atom is -0.508 e. The molecule has 2 aromatic carbocycles. The van der Waals surface area contributed by atoms with Crippen LogP contribution in [0.5, 0.6) is 17.2 Å². The first-order valence-electron chi connectivity index (χ1n) is 10.6. The van der Waals surface area contributed by atoms with E-state index < -0.39 is 11.9 Å². The molecule has 0 saturated carbocycles. The fourth-order valence-corrected chi connectivity index (χ4v) is 3.47. The number of hydrogen-bond donors (Lipinski definition) is 4. The van der Waals surface area contributed by atoms with Gasteiger partial charge in [0.25, 0.3) is 5.91 Å². The van der Waals surface area contributed by atoms with Gasteiger partial charge in [0.2, 0.25) is 0 Å². The molecule has 9 nitrogen and oxygen atoms in total. The molecule has 3 aromatic rings. The minimum atomic E-state index is -0.551. The van der Waals surface area contributed by atoms with E-state index in [4.69, 9.17) is 15.2 Å². The van der Waals surface area contributed by atoms with Crippen LogP contribution in [0.3, 0.4) is 0 Å². The summed E-state index contributed by atoms with van der Waals surface area (Å²) in [4.78, 5) is 29.4. The molecular formula is C24H27N3O6. The molecule has 5 N–H and O–H groups in total. The molecule has 0 aliphatic rings. The molecule has 1 heterocycles. The molecule has 0 bridgehead atoms. The van der Waals surface area contributed by atoms with Crippen molar-refractivity contribution in [2.75, 3.05) is 18.9 Å². The number of nitrogens with two attached hydrogens (primary N) is 1. The van der Waals surface area contributed by atoms with Crippen molar-refractivity contribution >= 4 is 28.5 Å². The summed E-state index contributed by atoms with van der Waals surface area (Å²) in [7, 11) is 0. The van der Waals surface area contributed by atoms with Crippen molar-refractivity contribution in [1.82, 2.24) is 10.3 Å². The van der Waals surface area contributed by atoms with Gasteiger partial charge in [0.15, 0.2) is 0 Å². The molecule has 1 amide bonds. The van der Waals surface area contributed by atoms with Gasteiger partial charge in [0, 0.05) is 11.6 Å². The molecule has 0 fully saturated rings. The fraction of sp³-hybridized carbons (Fsp3) is 0.292. The number of ether oxygens (including phenoxy) is 2. The molecular weight excluding hydrogens is 426 g/mol. The number of carbonyl (C=O) groups is 2. The second-order valence-corrected chi connectivity index (χ2v) is 7.48. The van der Waals surface area contributed by atoms with Crippen LogP contribution in [0.4, 0.5) is 5.69 Å². The van der Waals surface area contributed by atoms with Gasteiger partial charge in [-0.1, -0.05) is 13.0 Å². The predicted octanol–water partition coefficient (Wildman–Crippen LogP) is 3.30. The van der Waals surface area contributed by atoms with Crippen molar-refractivity contribution < 1.29 is 29.3 Å². The van der Waals surface area contributed by atoms with Crippen LogP contribution in [-0.2, 0) is 4.74 Å². The number of anilines is 1. The summed E-state index contributed by atoms with van der Waals surface area (Å²) >= 11 is 0. The molecule has 0 radical (unpaired) electrons. The third-order valence-electron chi connectivity index (χ3n) is 5.11. The Morgan fingerprint density at radius 2 is 1.85 bits per heavy atom. The highest BCUT2D eigenvalue weighted by molar-refractivity contribution is 6.07. The van der Waals surface area contributed by atoms with E-state index in [1.807, 2.05) is 6.92 Å². The van der Waals surface area contributed by atoms with Crippen molar-refractivity contribution in [2.24, 2.45) is 0 Å². The number of nitrogens with zero attached hydrogens (tertiary/aromatic N) is 1. The Hall–Kier alpha value is -4.01. The Morgan fingerprint density at radius 1 is 1.15 bits per heavy atom. The Balaban J connectivity index is 1.84. The third-order valence-corrected chi connectivity index (χ3v) is 5.11. The number of amides is 1. The fourth-order valence-electron chi connectivity index (χ4n) is 3.47. The van der Waals surface area contributed by atoms with E-state index in [0.717, 1.165) is 6.07 Å². The van der Waals surface area contributed by atoms with E-state index in [1.165, 1.54) is 12.1 Å². The summed E-state index contributed by atoms with van der Waals surface area (Å²) in [5, 5.41) is 22.5. The smallest absolute Gasteiger partial charge is 0.342 e. The molecule has 33 heavy (non-hydrogen) atoms. The highest BCUT2D eigenvalue weighted by atomic mass is 16.5. The van der Waals surface area contributed by atoms with Crippen LogP contribution >= 0.6 is 0 Å². The summed E-state index contributed by atoms with van der Waals surface area (Å²) < 4.78 is 11.1.